The third kappa shape index (κ3) is 2.14. The van der Waals surface area contributed by atoms with E-state index in [1.807, 2.05) is 6.07 Å². The van der Waals surface area contributed by atoms with Gasteiger partial charge in [-0.3, -0.25) is 4.68 Å². The number of nitrogen functional groups attached to an aromatic ring is 1. The minimum atomic E-state index is -0.292. The van der Waals surface area contributed by atoms with Crippen LogP contribution < -0.4 is 5.73 Å². The molecule has 0 aliphatic rings. The molecule has 0 bridgehead atoms. The summed E-state index contributed by atoms with van der Waals surface area (Å²) >= 11 is 3.27. The fourth-order valence-electron chi connectivity index (χ4n) is 1.98. The van der Waals surface area contributed by atoms with E-state index in [4.69, 9.17) is 5.73 Å². The Morgan fingerprint density at radius 2 is 2.17 bits per heavy atom. The Kier molecular flexibility index (Phi) is 3.71. The summed E-state index contributed by atoms with van der Waals surface area (Å²) in [4.78, 5) is 0. The molecule has 0 aliphatic carbocycles. The van der Waals surface area contributed by atoms with Gasteiger partial charge in [0.15, 0.2) is 0 Å². The van der Waals surface area contributed by atoms with Gasteiger partial charge in [0.2, 0.25) is 0 Å². The van der Waals surface area contributed by atoms with Gasteiger partial charge in [-0.15, -0.1) is 0 Å². The van der Waals surface area contributed by atoms with Crippen LogP contribution in [0.1, 0.15) is 18.9 Å². The number of benzene rings is 1. The molecule has 5 heteroatoms. The molecular formula is C13H15BrFN3. The fraction of sp³-hybridized carbons (Fsp3) is 0.308. The van der Waals surface area contributed by atoms with Gasteiger partial charge in [0.1, 0.15) is 11.6 Å². The van der Waals surface area contributed by atoms with Crippen LogP contribution in [0.2, 0.25) is 0 Å². The largest absolute Gasteiger partial charge is 0.384 e. The molecule has 0 radical (unpaired) electrons. The normalized spacial score (nSPS) is 10.9. The maximum absolute atomic E-state index is 13.6. The van der Waals surface area contributed by atoms with Crippen LogP contribution in [-0.4, -0.2) is 9.78 Å². The van der Waals surface area contributed by atoms with Gasteiger partial charge < -0.3 is 5.73 Å². The first-order valence-corrected chi connectivity index (χ1v) is 6.61. The van der Waals surface area contributed by atoms with Crippen LogP contribution in [0.3, 0.4) is 0 Å². The fourth-order valence-corrected chi connectivity index (χ4v) is 2.43. The molecule has 2 rings (SSSR count). The van der Waals surface area contributed by atoms with Crippen LogP contribution in [0.25, 0.3) is 11.3 Å². The Labute approximate surface area is 114 Å². The van der Waals surface area contributed by atoms with E-state index in [-0.39, 0.29) is 5.82 Å². The summed E-state index contributed by atoms with van der Waals surface area (Å²) in [6.45, 7) is 2.08. The number of hydrogen-bond acceptors (Lipinski definition) is 2. The predicted octanol–water partition coefficient (Wildman–Crippen LogP) is 3.52. The zero-order valence-electron chi connectivity index (χ0n) is 10.4. The van der Waals surface area contributed by atoms with E-state index in [0.29, 0.717) is 10.3 Å². The highest BCUT2D eigenvalue weighted by Gasteiger charge is 2.18. The summed E-state index contributed by atoms with van der Waals surface area (Å²) < 4.78 is 15.6. The van der Waals surface area contributed by atoms with Crippen molar-refractivity contribution < 1.29 is 4.39 Å². The summed E-state index contributed by atoms with van der Waals surface area (Å²) in [7, 11) is 1.80. The van der Waals surface area contributed by atoms with Gasteiger partial charge in [0, 0.05) is 18.2 Å². The average molecular weight is 312 g/mol. The van der Waals surface area contributed by atoms with Crippen LogP contribution in [0.4, 0.5) is 10.2 Å². The third-order valence-electron chi connectivity index (χ3n) is 2.90. The summed E-state index contributed by atoms with van der Waals surface area (Å²) in [5.74, 6) is 0.349. The third-order valence-corrected chi connectivity index (χ3v) is 3.71. The lowest BCUT2D eigenvalue weighted by Crippen LogP contribution is -1.99. The molecule has 3 nitrogen and oxygen atoms in total. The van der Waals surface area contributed by atoms with Gasteiger partial charge in [-0.1, -0.05) is 25.5 Å². The molecule has 0 atom stereocenters. The second-order valence-corrected chi connectivity index (χ2v) is 4.98. The minimum absolute atomic E-state index is 0.292. The van der Waals surface area contributed by atoms with Gasteiger partial charge >= 0.3 is 0 Å². The summed E-state index contributed by atoms with van der Waals surface area (Å²) in [6.07, 6.45) is 1.80. The lowest BCUT2D eigenvalue weighted by atomic mass is 10.0. The topological polar surface area (TPSA) is 43.8 Å². The molecular weight excluding hydrogens is 297 g/mol. The lowest BCUT2D eigenvalue weighted by Gasteiger charge is -2.05. The van der Waals surface area contributed by atoms with Crippen molar-refractivity contribution in [2.75, 3.05) is 5.73 Å². The molecule has 0 fully saturated rings. The predicted molar refractivity (Wildman–Crippen MR) is 74.7 cm³/mol. The van der Waals surface area contributed by atoms with Gasteiger partial charge in [-0.05, 0) is 28.4 Å². The monoisotopic (exact) mass is 311 g/mol. The molecule has 1 aromatic carbocycles. The SMILES string of the molecule is CCCc1c(-c2cccc(F)c2Br)nn(C)c1N. The Balaban J connectivity index is 2.63. The molecule has 96 valence electrons. The molecule has 0 spiro atoms. The minimum Gasteiger partial charge on any atom is -0.384 e. The standard InChI is InChI=1S/C13H15BrFN3/c1-3-5-9-12(17-18(2)13(9)16)8-6-4-7-10(15)11(8)14/h4,6-7H,3,5,16H2,1-2H3. The maximum Gasteiger partial charge on any atom is 0.138 e. The molecule has 2 aromatic rings. The number of nitrogens with zero attached hydrogens (tertiary/aromatic N) is 2. The zero-order valence-corrected chi connectivity index (χ0v) is 12.0. The number of rotatable bonds is 3. The highest BCUT2D eigenvalue weighted by atomic mass is 79.9. The quantitative estimate of drug-likeness (QED) is 0.942. The van der Waals surface area contributed by atoms with E-state index in [9.17, 15) is 4.39 Å². The summed E-state index contributed by atoms with van der Waals surface area (Å²) in [5.41, 5.74) is 8.48. The van der Waals surface area contributed by atoms with E-state index in [2.05, 4.69) is 28.0 Å². The molecule has 1 heterocycles. The van der Waals surface area contributed by atoms with E-state index in [1.54, 1.807) is 17.8 Å². The van der Waals surface area contributed by atoms with Crippen molar-refractivity contribution >= 4 is 21.7 Å². The van der Waals surface area contributed by atoms with Crippen LogP contribution in [0, 0.1) is 5.82 Å². The Bertz CT molecular complexity index is 578. The Morgan fingerprint density at radius 3 is 2.83 bits per heavy atom. The molecule has 18 heavy (non-hydrogen) atoms. The number of aryl methyl sites for hydroxylation is 1. The van der Waals surface area contributed by atoms with E-state index < -0.39 is 0 Å². The molecule has 0 aliphatic heterocycles. The van der Waals surface area contributed by atoms with Crippen molar-refractivity contribution in [3.63, 3.8) is 0 Å². The number of anilines is 1. The average Bonchev–Trinajstić information content (AvgIpc) is 2.61. The smallest absolute Gasteiger partial charge is 0.138 e. The number of hydrogen-bond donors (Lipinski definition) is 1. The molecule has 0 saturated carbocycles. The second kappa shape index (κ2) is 5.10. The van der Waals surface area contributed by atoms with Crippen molar-refractivity contribution in [2.24, 2.45) is 7.05 Å². The van der Waals surface area contributed by atoms with Gasteiger partial charge in [-0.2, -0.15) is 5.10 Å². The van der Waals surface area contributed by atoms with Crippen LogP contribution >= 0.6 is 15.9 Å². The first-order chi connectivity index (χ1) is 8.56. The molecule has 0 amide bonds. The molecule has 0 saturated heterocycles. The van der Waals surface area contributed by atoms with E-state index in [0.717, 1.165) is 29.7 Å². The number of nitrogens with two attached hydrogens (primary N) is 1. The van der Waals surface area contributed by atoms with Crippen molar-refractivity contribution in [3.8, 4) is 11.3 Å². The van der Waals surface area contributed by atoms with Crippen LogP contribution in [0.15, 0.2) is 22.7 Å². The maximum atomic E-state index is 13.6. The Morgan fingerprint density at radius 1 is 1.44 bits per heavy atom. The van der Waals surface area contributed by atoms with Gasteiger partial charge in [-0.25, -0.2) is 4.39 Å². The van der Waals surface area contributed by atoms with Gasteiger partial charge in [0.05, 0.1) is 10.2 Å². The molecule has 2 N–H and O–H groups in total. The van der Waals surface area contributed by atoms with Crippen LogP contribution in [0.5, 0.6) is 0 Å². The summed E-state index contributed by atoms with van der Waals surface area (Å²) in [6, 6.07) is 4.93. The van der Waals surface area contributed by atoms with Gasteiger partial charge in [0.25, 0.3) is 0 Å². The Hall–Kier alpha value is -1.36. The van der Waals surface area contributed by atoms with E-state index in [1.165, 1.54) is 6.07 Å². The van der Waals surface area contributed by atoms with Crippen molar-refractivity contribution in [3.05, 3.63) is 34.1 Å². The summed E-state index contributed by atoms with van der Waals surface area (Å²) in [5, 5.41) is 4.40. The first-order valence-electron chi connectivity index (χ1n) is 5.82. The highest BCUT2D eigenvalue weighted by Crippen LogP contribution is 2.34. The second-order valence-electron chi connectivity index (χ2n) is 4.19. The highest BCUT2D eigenvalue weighted by molar-refractivity contribution is 9.10. The number of halogens is 2. The molecule has 0 unspecified atom stereocenters. The molecule has 1 aromatic heterocycles. The van der Waals surface area contributed by atoms with Crippen LogP contribution in [-0.2, 0) is 13.5 Å². The first kappa shape index (κ1) is 13.1. The van der Waals surface area contributed by atoms with Crippen molar-refractivity contribution in [1.82, 2.24) is 9.78 Å². The number of aromatic nitrogens is 2. The van der Waals surface area contributed by atoms with Crippen molar-refractivity contribution in [1.29, 1.82) is 0 Å². The van der Waals surface area contributed by atoms with Crippen molar-refractivity contribution in [2.45, 2.75) is 19.8 Å². The van der Waals surface area contributed by atoms with E-state index >= 15 is 0 Å². The zero-order chi connectivity index (χ0) is 13.3. The lowest BCUT2D eigenvalue weighted by molar-refractivity contribution is 0.621.